The molecule has 35 heavy (non-hydrogen) atoms. The van der Waals surface area contributed by atoms with E-state index in [1.807, 2.05) is 20.8 Å². The number of carbonyl (C=O) groups excluding carboxylic acids is 3. The Kier molecular flexibility index (Phi) is 9.73. The van der Waals surface area contributed by atoms with Crippen LogP contribution in [0.5, 0.6) is 5.75 Å². The number of aliphatic hydroxyl groups excluding tert-OH is 1. The fourth-order valence-corrected chi connectivity index (χ4v) is 3.51. The number of nitrogens with one attached hydrogen (secondary N) is 3. The number of rotatable bonds is 10. The topological polar surface area (TPSA) is 155 Å². The fraction of sp³-hybridized carbons (Fsp3) is 0.400. The van der Waals surface area contributed by atoms with Crippen molar-refractivity contribution in [1.29, 1.82) is 0 Å². The van der Waals surface area contributed by atoms with Gasteiger partial charge in [-0.1, -0.05) is 45.0 Å². The van der Waals surface area contributed by atoms with Crippen molar-refractivity contribution < 1.29 is 34.7 Å². The van der Waals surface area contributed by atoms with Gasteiger partial charge in [-0.15, -0.1) is 0 Å². The number of amides is 3. The predicted octanol–water partition coefficient (Wildman–Crippen LogP) is -0.108. The molecular weight excluding hydrogens is 455 g/mol. The smallest absolute Gasteiger partial charge is 0.278 e. The molecule has 10 heteroatoms. The number of phenols is 1. The summed E-state index contributed by atoms with van der Waals surface area (Å²) in [5.74, 6) is -1.90. The van der Waals surface area contributed by atoms with E-state index in [0.717, 1.165) is 5.56 Å². The average molecular weight is 490 g/mol. The van der Waals surface area contributed by atoms with E-state index in [1.165, 1.54) is 18.2 Å². The number of hydrogen-bond donors (Lipinski definition) is 6. The lowest BCUT2D eigenvalue weighted by atomic mass is 9.84. The van der Waals surface area contributed by atoms with E-state index in [-0.39, 0.29) is 36.4 Å². The van der Waals surface area contributed by atoms with E-state index in [1.54, 1.807) is 24.3 Å². The maximum atomic E-state index is 13.0. The number of hydrogen-bond acceptors (Lipinski definition) is 5. The van der Waals surface area contributed by atoms with Crippen molar-refractivity contribution in [3.63, 3.8) is 0 Å². The van der Waals surface area contributed by atoms with Gasteiger partial charge in [0, 0.05) is 12.8 Å². The molecule has 9 nitrogen and oxygen atoms in total. The van der Waals surface area contributed by atoms with E-state index in [0.29, 0.717) is 11.1 Å². The van der Waals surface area contributed by atoms with Crippen LogP contribution in [0.4, 0.5) is 4.39 Å². The van der Waals surface area contributed by atoms with E-state index in [9.17, 15) is 23.9 Å². The Bertz CT molecular complexity index is 1040. The van der Waals surface area contributed by atoms with Crippen LogP contribution >= 0.6 is 0 Å². The van der Waals surface area contributed by atoms with Crippen LogP contribution in [0.1, 0.15) is 37.5 Å². The molecule has 0 saturated heterocycles. The van der Waals surface area contributed by atoms with Crippen LogP contribution in [-0.4, -0.2) is 53.3 Å². The summed E-state index contributed by atoms with van der Waals surface area (Å²) in [5, 5.41) is 26.6. The summed E-state index contributed by atoms with van der Waals surface area (Å²) in [4.78, 5) is 37.3. The highest BCUT2D eigenvalue weighted by atomic mass is 19.1. The first-order chi connectivity index (χ1) is 16.4. The van der Waals surface area contributed by atoms with Crippen molar-refractivity contribution in [3.8, 4) is 5.75 Å². The minimum Gasteiger partial charge on any atom is -0.508 e. The van der Waals surface area contributed by atoms with Crippen molar-refractivity contribution in [2.75, 3.05) is 13.3 Å². The number of phenolic OH excluding ortho intramolecular Hbond substituents is 1. The van der Waals surface area contributed by atoms with Crippen LogP contribution < -0.4 is 21.7 Å². The largest absolute Gasteiger partial charge is 0.508 e. The van der Waals surface area contributed by atoms with Crippen LogP contribution in [0.15, 0.2) is 42.5 Å². The SMILES string of the molecule is CC(C)(C)c1cc(C[C@H](NC(=O)CNC(=O)[C@@H]([NH3+])Cc2ccc(F)cc2)C(=O)NCO)ccc1O. The Hall–Kier alpha value is -3.50. The lowest BCUT2D eigenvalue weighted by Gasteiger charge is -2.23. The van der Waals surface area contributed by atoms with E-state index in [2.05, 4.69) is 21.7 Å². The zero-order valence-electron chi connectivity index (χ0n) is 20.2. The molecule has 8 N–H and O–H groups in total. The normalized spacial score (nSPS) is 13.0. The van der Waals surface area contributed by atoms with E-state index < -0.39 is 36.5 Å². The molecule has 2 aromatic rings. The standard InChI is InChI=1S/C25H33FN4O5/c1-25(2,3)18-10-16(6-9-21(18)32)12-20(24(35)29-14-31)30-22(33)13-28-23(34)19(27)11-15-4-7-17(26)8-5-15/h4-10,19-20,31-32H,11-14,27H2,1-3H3,(H,28,34)(H,29,35)(H,30,33)/p+1/t19-,20-/m0/s1. The third-order valence-corrected chi connectivity index (χ3v) is 5.40. The molecule has 0 spiro atoms. The van der Waals surface area contributed by atoms with E-state index >= 15 is 0 Å². The molecule has 0 heterocycles. The first-order valence-electron chi connectivity index (χ1n) is 11.3. The summed E-state index contributed by atoms with van der Waals surface area (Å²) < 4.78 is 13.0. The summed E-state index contributed by atoms with van der Waals surface area (Å²) in [5.41, 5.74) is 5.58. The lowest BCUT2D eigenvalue weighted by molar-refractivity contribution is -0.403. The van der Waals surface area contributed by atoms with Crippen molar-refractivity contribution in [1.82, 2.24) is 16.0 Å². The molecule has 0 saturated carbocycles. The number of aromatic hydroxyl groups is 1. The van der Waals surface area contributed by atoms with Gasteiger partial charge in [-0.2, -0.15) is 0 Å². The van der Waals surface area contributed by atoms with Crippen LogP contribution in [0, 0.1) is 5.82 Å². The number of aliphatic hydroxyl groups is 1. The van der Waals surface area contributed by atoms with E-state index in [4.69, 9.17) is 5.11 Å². The Balaban J connectivity index is 2.00. The maximum Gasteiger partial charge on any atom is 0.278 e. The highest BCUT2D eigenvalue weighted by Gasteiger charge is 2.24. The van der Waals surface area contributed by atoms with Crippen LogP contribution in [0.3, 0.4) is 0 Å². The van der Waals surface area contributed by atoms with Gasteiger partial charge in [-0.3, -0.25) is 14.4 Å². The summed E-state index contributed by atoms with van der Waals surface area (Å²) in [6.45, 7) is 4.85. The van der Waals surface area contributed by atoms with Gasteiger partial charge in [0.2, 0.25) is 11.8 Å². The van der Waals surface area contributed by atoms with Crippen LogP contribution in [-0.2, 0) is 32.6 Å². The van der Waals surface area contributed by atoms with Gasteiger partial charge in [0.1, 0.15) is 24.3 Å². The molecule has 3 amide bonds. The number of benzene rings is 2. The second-order valence-corrected chi connectivity index (χ2v) is 9.37. The molecule has 0 radical (unpaired) electrons. The molecule has 0 fully saturated rings. The molecule has 2 rings (SSSR count). The van der Waals surface area contributed by atoms with Crippen molar-refractivity contribution in [3.05, 3.63) is 65.0 Å². The Morgan fingerprint density at radius 2 is 1.60 bits per heavy atom. The zero-order valence-corrected chi connectivity index (χ0v) is 20.2. The van der Waals surface area contributed by atoms with Gasteiger partial charge in [0.05, 0.1) is 6.54 Å². The molecule has 0 aliphatic heterocycles. The van der Waals surface area contributed by atoms with Crippen molar-refractivity contribution in [2.24, 2.45) is 0 Å². The second kappa shape index (κ2) is 12.3. The Morgan fingerprint density at radius 3 is 2.20 bits per heavy atom. The van der Waals surface area contributed by atoms with Crippen LogP contribution in [0.25, 0.3) is 0 Å². The van der Waals surface area contributed by atoms with Gasteiger partial charge in [0.25, 0.3) is 5.91 Å². The monoisotopic (exact) mass is 489 g/mol. The molecular formula is C25H34FN4O5+. The van der Waals surface area contributed by atoms with Crippen molar-refractivity contribution in [2.45, 2.75) is 51.1 Å². The third-order valence-electron chi connectivity index (χ3n) is 5.40. The average Bonchev–Trinajstić information content (AvgIpc) is 2.79. The zero-order chi connectivity index (χ0) is 26.2. The van der Waals surface area contributed by atoms with Gasteiger partial charge < -0.3 is 31.9 Å². The summed E-state index contributed by atoms with van der Waals surface area (Å²) >= 11 is 0. The first kappa shape index (κ1) is 27.7. The van der Waals surface area contributed by atoms with Gasteiger partial charge in [-0.25, -0.2) is 4.39 Å². The van der Waals surface area contributed by atoms with Crippen LogP contribution in [0.2, 0.25) is 0 Å². The number of carbonyl (C=O) groups is 3. The molecule has 0 bridgehead atoms. The fourth-order valence-electron chi connectivity index (χ4n) is 3.51. The first-order valence-corrected chi connectivity index (χ1v) is 11.3. The molecule has 190 valence electrons. The Labute approximate surface area is 203 Å². The summed E-state index contributed by atoms with van der Waals surface area (Å²) in [6, 6.07) is 8.96. The Morgan fingerprint density at radius 1 is 0.971 bits per heavy atom. The molecule has 0 unspecified atom stereocenters. The second-order valence-electron chi connectivity index (χ2n) is 9.37. The minimum absolute atomic E-state index is 0.109. The van der Waals surface area contributed by atoms with Gasteiger partial charge >= 0.3 is 0 Å². The third kappa shape index (κ3) is 8.66. The molecule has 0 aromatic heterocycles. The lowest BCUT2D eigenvalue weighted by Crippen LogP contribution is -2.68. The molecule has 0 aliphatic carbocycles. The molecule has 2 atom stereocenters. The number of halogens is 1. The molecule has 0 aliphatic rings. The highest BCUT2D eigenvalue weighted by molar-refractivity contribution is 5.91. The summed E-state index contributed by atoms with van der Waals surface area (Å²) in [6.07, 6.45) is 0.379. The number of quaternary nitrogens is 1. The van der Waals surface area contributed by atoms with Gasteiger partial charge in [0.15, 0.2) is 6.04 Å². The molecule has 2 aromatic carbocycles. The maximum absolute atomic E-state index is 13.0. The predicted molar refractivity (Wildman–Crippen MR) is 127 cm³/mol. The highest BCUT2D eigenvalue weighted by Crippen LogP contribution is 2.31. The quantitative estimate of drug-likeness (QED) is 0.257. The summed E-state index contributed by atoms with van der Waals surface area (Å²) in [7, 11) is 0. The minimum atomic E-state index is -1.02. The van der Waals surface area contributed by atoms with Gasteiger partial charge in [-0.05, 0) is 40.3 Å². The van der Waals surface area contributed by atoms with Crippen molar-refractivity contribution >= 4 is 17.7 Å².